The van der Waals surface area contributed by atoms with Crippen molar-refractivity contribution in [2.45, 2.75) is 25.2 Å². The summed E-state index contributed by atoms with van der Waals surface area (Å²) in [5, 5.41) is 6.29. The van der Waals surface area contributed by atoms with Gasteiger partial charge >= 0.3 is 0 Å². The third-order valence-corrected chi connectivity index (χ3v) is 3.67. The van der Waals surface area contributed by atoms with Crippen molar-refractivity contribution in [3.8, 4) is 5.75 Å². The summed E-state index contributed by atoms with van der Waals surface area (Å²) in [7, 11) is 0. The molecule has 2 aliphatic rings. The second-order valence-corrected chi connectivity index (χ2v) is 4.93. The summed E-state index contributed by atoms with van der Waals surface area (Å²) in [6, 6.07) is 6.19. The van der Waals surface area contributed by atoms with E-state index < -0.39 is 0 Å². The lowest BCUT2D eigenvalue weighted by atomic mass is 9.90. The van der Waals surface area contributed by atoms with Gasteiger partial charge in [0.15, 0.2) is 0 Å². The first-order valence-electron chi connectivity index (χ1n) is 6.60. The highest BCUT2D eigenvalue weighted by Gasteiger charge is 2.19. The number of rotatable bonds is 1. The minimum atomic E-state index is 0.0382. The van der Waals surface area contributed by atoms with Crippen molar-refractivity contribution in [3.05, 3.63) is 23.8 Å². The number of hydrogen-bond donors (Lipinski definition) is 2. The smallest absolute Gasteiger partial charge is 0.227 e. The van der Waals surface area contributed by atoms with Crippen LogP contribution in [0.3, 0.4) is 0 Å². The van der Waals surface area contributed by atoms with Crippen LogP contribution in [0.4, 0.5) is 5.69 Å². The van der Waals surface area contributed by atoms with Gasteiger partial charge in [-0.2, -0.15) is 0 Å². The standard InChI is InChI=1S/C14H18N2O2/c17-14-5-8-18-13-2-1-11(9-12(13)16-14)10-3-6-15-7-4-10/h1-2,9-10,15H,3-8H2,(H,16,17). The van der Waals surface area contributed by atoms with Crippen LogP contribution >= 0.6 is 0 Å². The van der Waals surface area contributed by atoms with E-state index in [1.54, 1.807) is 0 Å². The summed E-state index contributed by atoms with van der Waals surface area (Å²) in [6.45, 7) is 2.61. The van der Waals surface area contributed by atoms with Crippen molar-refractivity contribution < 1.29 is 9.53 Å². The van der Waals surface area contributed by atoms with E-state index in [1.807, 2.05) is 6.07 Å². The van der Waals surface area contributed by atoms with Gasteiger partial charge in [0, 0.05) is 0 Å². The molecule has 1 amide bonds. The fraction of sp³-hybridized carbons (Fsp3) is 0.500. The van der Waals surface area contributed by atoms with Crippen molar-refractivity contribution in [2.75, 3.05) is 25.0 Å². The molecular weight excluding hydrogens is 228 g/mol. The molecule has 3 rings (SSSR count). The molecule has 1 saturated heterocycles. The number of anilines is 1. The van der Waals surface area contributed by atoms with Crippen LogP contribution in [0.1, 0.15) is 30.7 Å². The summed E-state index contributed by atoms with van der Waals surface area (Å²) in [6.07, 6.45) is 2.75. The zero-order valence-corrected chi connectivity index (χ0v) is 10.4. The molecule has 0 spiro atoms. The lowest BCUT2D eigenvalue weighted by Crippen LogP contribution is -2.26. The molecule has 0 unspecified atom stereocenters. The van der Waals surface area contributed by atoms with Gasteiger partial charge in [0.2, 0.25) is 5.91 Å². The van der Waals surface area contributed by atoms with Gasteiger partial charge < -0.3 is 15.4 Å². The second kappa shape index (κ2) is 4.98. The molecule has 1 aromatic carbocycles. The van der Waals surface area contributed by atoms with E-state index in [0.29, 0.717) is 18.9 Å². The lowest BCUT2D eigenvalue weighted by Gasteiger charge is -2.23. The summed E-state index contributed by atoms with van der Waals surface area (Å²) in [5.41, 5.74) is 2.13. The Morgan fingerprint density at radius 3 is 2.89 bits per heavy atom. The number of fused-ring (bicyclic) bond motifs is 1. The number of hydrogen-bond acceptors (Lipinski definition) is 3. The Morgan fingerprint density at radius 2 is 2.06 bits per heavy atom. The largest absolute Gasteiger partial charge is 0.491 e. The molecule has 96 valence electrons. The predicted molar refractivity (Wildman–Crippen MR) is 70.0 cm³/mol. The SMILES string of the molecule is O=C1CCOc2ccc(C3CCNCC3)cc2N1. The van der Waals surface area contributed by atoms with Crippen molar-refractivity contribution in [2.24, 2.45) is 0 Å². The van der Waals surface area contributed by atoms with Crippen LogP contribution in [0, 0.1) is 0 Å². The molecule has 4 nitrogen and oxygen atoms in total. The average molecular weight is 246 g/mol. The van der Waals surface area contributed by atoms with Crippen molar-refractivity contribution in [3.63, 3.8) is 0 Å². The minimum Gasteiger partial charge on any atom is -0.491 e. The second-order valence-electron chi connectivity index (χ2n) is 4.93. The van der Waals surface area contributed by atoms with Gasteiger partial charge in [0.25, 0.3) is 0 Å². The molecule has 18 heavy (non-hydrogen) atoms. The molecule has 0 bridgehead atoms. The van der Waals surface area contributed by atoms with Crippen molar-refractivity contribution >= 4 is 11.6 Å². The van der Waals surface area contributed by atoms with Gasteiger partial charge in [-0.3, -0.25) is 4.79 Å². The molecule has 1 fully saturated rings. The Bertz CT molecular complexity index is 453. The quantitative estimate of drug-likeness (QED) is 0.795. The van der Waals surface area contributed by atoms with Crippen LogP contribution in [-0.2, 0) is 4.79 Å². The van der Waals surface area contributed by atoms with Gasteiger partial charge in [-0.15, -0.1) is 0 Å². The molecule has 4 heteroatoms. The van der Waals surface area contributed by atoms with E-state index >= 15 is 0 Å². The summed E-state index contributed by atoms with van der Waals surface area (Å²) >= 11 is 0. The highest BCUT2D eigenvalue weighted by molar-refractivity contribution is 5.93. The highest BCUT2D eigenvalue weighted by Crippen LogP contribution is 2.33. The van der Waals surface area contributed by atoms with Crippen LogP contribution in [0.2, 0.25) is 0 Å². The maximum absolute atomic E-state index is 11.5. The number of nitrogens with one attached hydrogen (secondary N) is 2. The molecule has 2 heterocycles. The maximum Gasteiger partial charge on any atom is 0.227 e. The predicted octanol–water partition coefficient (Wildman–Crippen LogP) is 1.87. The van der Waals surface area contributed by atoms with Gasteiger partial charge in [-0.05, 0) is 49.5 Å². The molecular formula is C14H18N2O2. The van der Waals surface area contributed by atoms with E-state index in [9.17, 15) is 4.79 Å². The first-order chi connectivity index (χ1) is 8.83. The van der Waals surface area contributed by atoms with Crippen molar-refractivity contribution in [1.29, 1.82) is 0 Å². The third-order valence-electron chi connectivity index (χ3n) is 3.67. The summed E-state index contributed by atoms with van der Waals surface area (Å²) in [5.74, 6) is 1.42. The highest BCUT2D eigenvalue weighted by atomic mass is 16.5. The van der Waals surface area contributed by atoms with Crippen molar-refractivity contribution in [1.82, 2.24) is 5.32 Å². The Kier molecular flexibility index (Phi) is 3.19. The first kappa shape index (κ1) is 11.5. The van der Waals surface area contributed by atoms with Crippen LogP contribution in [0.5, 0.6) is 5.75 Å². The van der Waals surface area contributed by atoms with Crippen LogP contribution in [-0.4, -0.2) is 25.6 Å². The number of ether oxygens (including phenoxy) is 1. The fourth-order valence-corrected chi connectivity index (χ4v) is 2.65. The number of benzene rings is 1. The van der Waals surface area contributed by atoms with E-state index in [1.165, 1.54) is 5.56 Å². The topological polar surface area (TPSA) is 50.4 Å². The normalized spacial score (nSPS) is 20.6. The van der Waals surface area contributed by atoms with Gasteiger partial charge in [-0.1, -0.05) is 6.07 Å². The zero-order chi connectivity index (χ0) is 12.4. The number of amides is 1. The Morgan fingerprint density at radius 1 is 1.22 bits per heavy atom. The van der Waals surface area contributed by atoms with E-state index in [0.717, 1.165) is 37.4 Å². The Labute approximate surface area is 107 Å². The van der Waals surface area contributed by atoms with Crippen LogP contribution in [0.25, 0.3) is 0 Å². The van der Waals surface area contributed by atoms with E-state index in [2.05, 4.69) is 22.8 Å². The lowest BCUT2D eigenvalue weighted by molar-refractivity contribution is -0.116. The zero-order valence-electron chi connectivity index (χ0n) is 10.4. The first-order valence-corrected chi connectivity index (χ1v) is 6.60. The molecule has 0 aliphatic carbocycles. The van der Waals surface area contributed by atoms with E-state index in [4.69, 9.17) is 4.74 Å². The molecule has 1 aromatic rings. The molecule has 0 radical (unpaired) electrons. The number of piperidine rings is 1. The molecule has 0 saturated carbocycles. The molecule has 0 atom stereocenters. The molecule has 2 N–H and O–H groups in total. The fourth-order valence-electron chi connectivity index (χ4n) is 2.65. The number of carbonyl (C=O) groups is 1. The Balaban J connectivity index is 1.86. The summed E-state index contributed by atoms with van der Waals surface area (Å²) < 4.78 is 5.57. The molecule has 0 aromatic heterocycles. The minimum absolute atomic E-state index is 0.0382. The Hall–Kier alpha value is -1.55. The third kappa shape index (κ3) is 2.34. The van der Waals surface area contributed by atoms with E-state index in [-0.39, 0.29) is 5.91 Å². The van der Waals surface area contributed by atoms with Crippen LogP contribution < -0.4 is 15.4 Å². The van der Waals surface area contributed by atoms with Gasteiger partial charge in [-0.25, -0.2) is 0 Å². The maximum atomic E-state index is 11.5. The number of carbonyl (C=O) groups excluding carboxylic acids is 1. The van der Waals surface area contributed by atoms with Gasteiger partial charge in [0.1, 0.15) is 5.75 Å². The van der Waals surface area contributed by atoms with Gasteiger partial charge in [0.05, 0.1) is 18.7 Å². The summed E-state index contributed by atoms with van der Waals surface area (Å²) in [4.78, 5) is 11.5. The monoisotopic (exact) mass is 246 g/mol. The average Bonchev–Trinajstić information content (AvgIpc) is 2.59. The molecule has 2 aliphatic heterocycles. The van der Waals surface area contributed by atoms with Crippen LogP contribution in [0.15, 0.2) is 18.2 Å².